The number of aliphatic hydroxyl groups excluding tert-OH is 1. The van der Waals surface area contributed by atoms with Crippen molar-refractivity contribution in [3.63, 3.8) is 0 Å². The topological polar surface area (TPSA) is 75.3 Å². The number of anilines is 1. The molecule has 0 aliphatic rings. The fourth-order valence-electron chi connectivity index (χ4n) is 1.10. The third-order valence-corrected chi connectivity index (χ3v) is 2.00. The Morgan fingerprint density at radius 2 is 2.20 bits per heavy atom. The van der Waals surface area contributed by atoms with Crippen molar-refractivity contribution in [2.45, 2.75) is 19.4 Å². The van der Waals surface area contributed by atoms with E-state index in [1.807, 2.05) is 0 Å². The van der Waals surface area contributed by atoms with Gasteiger partial charge in [-0.1, -0.05) is 6.07 Å². The zero-order valence-electron chi connectivity index (χ0n) is 8.95. The molecular weight excluding hydrogens is 192 g/mol. The highest BCUT2D eigenvalue weighted by Gasteiger charge is 2.19. The number of carbonyl (C=O) groups excluding carboxylic acids is 1. The van der Waals surface area contributed by atoms with Crippen LogP contribution >= 0.6 is 0 Å². The summed E-state index contributed by atoms with van der Waals surface area (Å²) in [5, 5.41) is 11.7. The number of nitrogens with two attached hydrogens (primary N) is 1. The van der Waals surface area contributed by atoms with E-state index in [0.29, 0.717) is 11.3 Å². The van der Waals surface area contributed by atoms with Crippen LogP contribution in [0.1, 0.15) is 24.2 Å². The molecule has 0 fully saturated rings. The maximum absolute atomic E-state index is 11.7. The smallest absolute Gasteiger partial charge is 0.251 e. The standard InChI is InChI=1S/C11H16N2O2/c1-11(2,7-14)13-10(15)8-4-3-5-9(12)6-8/h3-6,14H,7,12H2,1-2H3,(H,13,15). The molecule has 1 aromatic carbocycles. The molecule has 0 spiro atoms. The molecule has 0 aromatic heterocycles. The summed E-state index contributed by atoms with van der Waals surface area (Å²) in [6.45, 7) is 3.38. The molecule has 82 valence electrons. The zero-order chi connectivity index (χ0) is 11.5. The molecule has 0 saturated heterocycles. The molecular formula is C11H16N2O2. The quantitative estimate of drug-likeness (QED) is 0.642. The molecule has 1 aromatic rings. The van der Waals surface area contributed by atoms with Gasteiger partial charge in [0.1, 0.15) is 0 Å². The van der Waals surface area contributed by atoms with Gasteiger partial charge < -0.3 is 16.2 Å². The summed E-state index contributed by atoms with van der Waals surface area (Å²) < 4.78 is 0. The summed E-state index contributed by atoms with van der Waals surface area (Å²) in [7, 11) is 0. The number of rotatable bonds is 3. The van der Waals surface area contributed by atoms with Crippen molar-refractivity contribution >= 4 is 11.6 Å². The highest BCUT2D eigenvalue weighted by molar-refractivity contribution is 5.95. The molecule has 4 N–H and O–H groups in total. The van der Waals surface area contributed by atoms with Crippen LogP contribution in [0.25, 0.3) is 0 Å². The van der Waals surface area contributed by atoms with Crippen LogP contribution in [0.15, 0.2) is 24.3 Å². The predicted octanol–water partition coefficient (Wildman–Crippen LogP) is 0.770. The lowest BCUT2D eigenvalue weighted by Crippen LogP contribution is -2.46. The Balaban J connectivity index is 2.78. The van der Waals surface area contributed by atoms with Crippen LogP contribution in [0.2, 0.25) is 0 Å². The number of hydrogen-bond donors (Lipinski definition) is 3. The first-order valence-corrected chi connectivity index (χ1v) is 4.73. The molecule has 0 atom stereocenters. The first-order chi connectivity index (χ1) is 6.94. The summed E-state index contributed by atoms with van der Waals surface area (Å²) in [5.74, 6) is -0.235. The van der Waals surface area contributed by atoms with E-state index in [9.17, 15) is 4.79 Å². The SMILES string of the molecule is CC(C)(CO)NC(=O)c1cccc(N)c1. The van der Waals surface area contributed by atoms with Gasteiger partial charge in [0.05, 0.1) is 12.1 Å². The number of benzene rings is 1. The maximum Gasteiger partial charge on any atom is 0.251 e. The average Bonchev–Trinajstić information content (AvgIpc) is 2.17. The van der Waals surface area contributed by atoms with Gasteiger partial charge in [-0.05, 0) is 32.0 Å². The lowest BCUT2D eigenvalue weighted by Gasteiger charge is -2.23. The fourth-order valence-corrected chi connectivity index (χ4v) is 1.10. The second-order valence-electron chi connectivity index (χ2n) is 4.12. The average molecular weight is 208 g/mol. The Labute approximate surface area is 89.1 Å². The highest BCUT2D eigenvalue weighted by Crippen LogP contribution is 2.08. The summed E-state index contributed by atoms with van der Waals surface area (Å²) in [5.41, 5.74) is 5.98. The summed E-state index contributed by atoms with van der Waals surface area (Å²) in [6.07, 6.45) is 0. The minimum absolute atomic E-state index is 0.110. The lowest BCUT2D eigenvalue weighted by molar-refractivity contribution is 0.0869. The van der Waals surface area contributed by atoms with E-state index >= 15 is 0 Å². The molecule has 0 saturated carbocycles. The predicted molar refractivity (Wildman–Crippen MR) is 59.5 cm³/mol. The second kappa shape index (κ2) is 4.31. The third-order valence-electron chi connectivity index (χ3n) is 2.00. The lowest BCUT2D eigenvalue weighted by atomic mass is 10.1. The first kappa shape index (κ1) is 11.5. The van der Waals surface area contributed by atoms with Crippen molar-refractivity contribution in [2.24, 2.45) is 0 Å². The number of hydrogen-bond acceptors (Lipinski definition) is 3. The van der Waals surface area contributed by atoms with Crippen LogP contribution in [-0.2, 0) is 0 Å². The zero-order valence-corrected chi connectivity index (χ0v) is 8.95. The van der Waals surface area contributed by atoms with E-state index in [-0.39, 0.29) is 12.5 Å². The Morgan fingerprint density at radius 1 is 1.53 bits per heavy atom. The molecule has 0 aliphatic heterocycles. The van der Waals surface area contributed by atoms with E-state index in [1.54, 1.807) is 38.1 Å². The monoisotopic (exact) mass is 208 g/mol. The normalized spacial score (nSPS) is 11.1. The van der Waals surface area contributed by atoms with Gasteiger partial charge in [0, 0.05) is 11.3 Å². The molecule has 0 heterocycles. The van der Waals surface area contributed by atoms with Gasteiger partial charge in [-0.3, -0.25) is 4.79 Å². The molecule has 1 amide bonds. The fraction of sp³-hybridized carbons (Fsp3) is 0.364. The van der Waals surface area contributed by atoms with Crippen LogP contribution in [0.3, 0.4) is 0 Å². The van der Waals surface area contributed by atoms with E-state index in [2.05, 4.69) is 5.32 Å². The van der Waals surface area contributed by atoms with Crippen molar-refractivity contribution < 1.29 is 9.90 Å². The van der Waals surface area contributed by atoms with Gasteiger partial charge in [0.2, 0.25) is 0 Å². The number of nitrogens with one attached hydrogen (secondary N) is 1. The number of amides is 1. The van der Waals surface area contributed by atoms with Crippen molar-refractivity contribution in [3.8, 4) is 0 Å². The van der Waals surface area contributed by atoms with Gasteiger partial charge >= 0.3 is 0 Å². The van der Waals surface area contributed by atoms with E-state index in [1.165, 1.54) is 0 Å². The Bertz CT molecular complexity index is 361. The highest BCUT2D eigenvalue weighted by atomic mass is 16.3. The van der Waals surface area contributed by atoms with Crippen molar-refractivity contribution in [1.82, 2.24) is 5.32 Å². The number of aliphatic hydroxyl groups is 1. The van der Waals surface area contributed by atoms with E-state index < -0.39 is 5.54 Å². The largest absolute Gasteiger partial charge is 0.399 e. The molecule has 1 rings (SSSR count). The second-order valence-corrected chi connectivity index (χ2v) is 4.12. The van der Waals surface area contributed by atoms with Gasteiger partial charge in [0.15, 0.2) is 0 Å². The maximum atomic E-state index is 11.7. The third kappa shape index (κ3) is 3.25. The van der Waals surface area contributed by atoms with Gasteiger partial charge in [0.25, 0.3) is 5.91 Å². The van der Waals surface area contributed by atoms with Gasteiger partial charge in [-0.2, -0.15) is 0 Å². The van der Waals surface area contributed by atoms with Crippen LogP contribution in [0.5, 0.6) is 0 Å². The Morgan fingerprint density at radius 3 is 2.73 bits per heavy atom. The molecule has 15 heavy (non-hydrogen) atoms. The van der Waals surface area contributed by atoms with Crippen LogP contribution in [0, 0.1) is 0 Å². The van der Waals surface area contributed by atoms with Crippen LogP contribution in [-0.4, -0.2) is 23.2 Å². The molecule has 4 heteroatoms. The van der Waals surface area contributed by atoms with Gasteiger partial charge in [-0.25, -0.2) is 0 Å². The molecule has 0 bridgehead atoms. The number of carbonyl (C=O) groups is 1. The van der Waals surface area contributed by atoms with Gasteiger partial charge in [-0.15, -0.1) is 0 Å². The molecule has 0 radical (unpaired) electrons. The summed E-state index contributed by atoms with van der Waals surface area (Å²) >= 11 is 0. The molecule has 0 unspecified atom stereocenters. The number of nitrogen functional groups attached to an aromatic ring is 1. The first-order valence-electron chi connectivity index (χ1n) is 4.73. The Hall–Kier alpha value is -1.55. The van der Waals surface area contributed by atoms with Crippen LogP contribution < -0.4 is 11.1 Å². The molecule has 0 aliphatic carbocycles. The van der Waals surface area contributed by atoms with Crippen LogP contribution in [0.4, 0.5) is 5.69 Å². The molecule has 4 nitrogen and oxygen atoms in total. The van der Waals surface area contributed by atoms with Crippen molar-refractivity contribution in [2.75, 3.05) is 12.3 Å². The van der Waals surface area contributed by atoms with Crippen molar-refractivity contribution in [1.29, 1.82) is 0 Å². The van der Waals surface area contributed by atoms with E-state index in [0.717, 1.165) is 0 Å². The van der Waals surface area contributed by atoms with Crippen molar-refractivity contribution in [3.05, 3.63) is 29.8 Å². The minimum Gasteiger partial charge on any atom is -0.399 e. The Kier molecular flexibility index (Phi) is 3.31. The summed E-state index contributed by atoms with van der Waals surface area (Å²) in [4.78, 5) is 11.7. The minimum atomic E-state index is -0.623. The van der Waals surface area contributed by atoms with E-state index in [4.69, 9.17) is 10.8 Å². The summed E-state index contributed by atoms with van der Waals surface area (Å²) in [6, 6.07) is 6.71.